The lowest BCUT2D eigenvalue weighted by Crippen LogP contribution is -2.28. The van der Waals surface area contributed by atoms with Crippen LogP contribution in [-0.4, -0.2) is 20.9 Å². The maximum atomic E-state index is 12.8. The summed E-state index contributed by atoms with van der Waals surface area (Å²) in [4.78, 5) is 25.0. The fourth-order valence-electron chi connectivity index (χ4n) is 2.99. The fourth-order valence-corrected chi connectivity index (χ4v) is 3.88. The normalized spacial score (nSPS) is 12.0. The van der Waals surface area contributed by atoms with Gasteiger partial charge in [0.2, 0.25) is 0 Å². The zero-order chi connectivity index (χ0) is 19.3. The van der Waals surface area contributed by atoms with Gasteiger partial charge >= 0.3 is 0 Å². The zero-order valence-corrected chi connectivity index (χ0v) is 16.2. The number of thioether (sulfide) groups is 1. The van der Waals surface area contributed by atoms with Gasteiger partial charge < -0.3 is 10.3 Å². The molecule has 0 aliphatic carbocycles. The maximum absolute atomic E-state index is 12.8. The molecule has 6 heteroatoms. The molecule has 5 nitrogen and oxygen atoms in total. The van der Waals surface area contributed by atoms with Gasteiger partial charge in [-0.2, -0.15) is 0 Å². The highest BCUT2D eigenvalue weighted by Crippen LogP contribution is 2.25. The number of pyridine rings is 1. The van der Waals surface area contributed by atoms with Crippen LogP contribution in [0, 0.1) is 0 Å². The summed E-state index contributed by atoms with van der Waals surface area (Å²) < 4.78 is 0. The van der Waals surface area contributed by atoms with Gasteiger partial charge in [0, 0.05) is 17.5 Å². The van der Waals surface area contributed by atoms with Crippen molar-refractivity contribution in [2.45, 2.75) is 23.9 Å². The van der Waals surface area contributed by atoms with Crippen LogP contribution in [0.25, 0.3) is 11.0 Å². The number of fused-ring (bicyclic) bond motifs is 1. The molecule has 1 amide bonds. The van der Waals surface area contributed by atoms with Crippen LogP contribution in [0.4, 0.5) is 0 Å². The number of hydrogen-bond donors (Lipinski definition) is 2. The topological polar surface area (TPSA) is 70.7 Å². The lowest BCUT2D eigenvalue weighted by Gasteiger charge is -2.15. The van der Waals surface area contributed by atoms with Gasteiger partial charge in [-0.1, -0.05) is 48.2 Å². The minimum Gasteiger partial charge on any atom is -0.344 e. The molecule has 0 radical (unpaired) electrons. The highest BCUT2D eigenvalue weighted by atomic mass is 32.2. The molecule has 0 aliphatic heterocycles. The number of amides is 1. The van der Waals surface area contributed by atoms with Crippen LogP contribution in [0.1, 0.15) is 34.6 Å². The van der Waals surface area contributed by atoms with Gasteiger partial charge in [0.25, 0.3) is 5.91 Å². The van der Waals surface area contributed by atoms with Crippen LogP contribution < -0.4 is 5.32 Å². The van der Waals surface area contributed by atoms with E-state index in [4.69, 9.17) is 0 Å². The monoisotopic (exact) mass is 388 g/mol. The lowest BCUT2D eigenvalue weighted by atomic mass is 10.1. The summed E-state index contributed by atoms with van der Waals surface area (Å²) in [7, 11) is 0. The number of nitrogens with one attached hydrogen (secondary N) is 2. The number of nitrogens with zero attached hydrogens (tertiary/aromatic N) is 2. The predicted octanol–water partition coefficient (Wildman–Crippen LogP) is 4.74. The van der Waals surface area contributed by atoms with Crippen molar-refractivity contribution in [3.05, 3.63) is 89.7 Å². The van der Waals surface area contributed by atoms with E-state index in [1.807, 2.05) is 73.7 Å². The Balaban J connectivity index is 1.47. The molecule has 2 aromatic heterocycles. The summed E-state index contributed by atoms with van der Waals surface area (Å²) in [5.41, 5.74) is 4.44. The van der Waals surface area contributed by atoms with Gasteiger partial charge in [-0.05, 0) is 42.8 Å². The maximum Gasteiger partial charge on any atom is 0.252 e. The molecule has 0 fully saturated rings. The highest BCUT2D eigenvalue weighted by Gasteiger charge is 2.15. The quantitative estimate of drug-likeness (QED) is 0.468. The number of carbonyl (C=O) groups excluding carboxylic acids is 1. The number of aromatic amines is 1. The molecule has 1 unspecified atom stereocenters. The summed E-state index contributed by atoms with van der Waals surface area (Å²) in [6.45, 7) is 1.94. The molecule has 140 valence electrons. The van der Waals surface area contributed by atoms with E-state index in [9.17, 15) is 4.79 Å². The number of carbonyl (C=O) groups is 1. The standard InChI is InChI=1S/C22H20N4OS/c1-15(18-10-6-7-13-23-18)24-21(27)17-9-3-2-8-16(17)14-28-22-25-19-11-4-5-12-20(19)26-22/h2-13,15H,14H2,1H3,(H,24,27)(H,25,26). The molecule has 28 heavy (non-hydrogen) atoms. The number of aromatic nitrogens is 3. The van der Waals surface area contributed by atoms with E-state index in [2.05, 4.69) is 20.3 Å². The summed E-state index contributed by atoms with van der Waals surface area (Å²) >= 11 is 1.59. The summed E-state index contributed by atoms with van der Waals surface area (Å²) in [5.74, 6) is 0.556. The first-order valence-corrected chi connectivity index (χ1v) is 10.1. The van der Waals surface area contributed by atoms with Gasteiger partial charge in [-0.25, -0.2) is 4.98 Å². The molecule has 0 spiro atoms. The van der Waals surface area contributed by atoms with E-state index < -0.39 is 0 Å². The Morgan fingerprint density at radius 2 is 1.86 bits per heavy atom. The molecule has 4 aromatic rings. The molecule has 0 saturated heterocycles. The second-order valence-corrected chi connectivity index (χ2v) is 7.42. The third-order valence-corrected chi connectivity index (χ3v) is 5.40. The number of benzene rings is 2. The molecule has 0 aliphatic rings. The minimum absolute atomic E-state index is 0.0982. The van der Waals surface area contributed by atoms with Gasteiger partial charge in [0.05, 0.1) is 22.8 Å². The van der Waals surface area contributed by atoms with Crippen LogP contribution >= 0.6 is 11.8 Å². The Bertz CT molecular complexity index is 1060. The molecular weight excluding hydrogens is 368 g/mol. The number of hydrogen-bond acceptors (Lipinski definition) is 4. The summed E-state index contributed by atoms with van der Waals surface area (Å²) in [5, 5.41) is 3.88. The van der Waals surface area contributed by atoms with Crippen LogP contribution in [0.5, 0.6) is 0 Å². The Morgan fingerprint density at radius 3 is 2.68 bits per heavy atom. The van der Waals surface area contributed by atoms with Gasteiger partial charge in [0.15, 0.2) is 5.16 Å². The van der Waals surface area contributed by atoms with Gasteiger partial charge in [0.1, 0.15) is 0 Å². The summed E-state index contributed by atoms with van der Waals surface area (Å²) in [6.07, 6.45) is 1.73. The number of rotatable bonds is 6. The van der Waals surface area contributed by atoms with E-state index in [1.165, 1.54) is 0 Å². The second kappa shape index (κ2) is 8.27. The highest BCUT2D eigenvalue weighted by molar-refractivity contribution is 7.98. The molecule has 2 aromatic carbocycles. The van der Waals surface area contributed by atoms with Crippen LogP contribution in [0.15, 0.2) is 78.1 Å². The van der Waals surface area contributed by atoms with E-state index in [0.717, 1.165) is 27.4 Å². The number of H-pyrrole nitrogens is 1. The van der Waals surface area contributed by atoms with E-state index in [-0.39, 0.29) is 11.9 Å². The minimum atomic E-state index is -0.162. The summed E-state index contributed by atoms with van der Waals surface area (Å²) in [6, 6.07) is 21.2. The van der Waals surface area contributed by atoms with Crippen molar-refractivity contribution in [1.82, 2.24) is 20.3 Å². The van der Waals surface area contributed by atoms with Crippen LogP contribution in [-0.2, 0) is 5.75 Å². The Kier molecular flexibility index (Phi) is 5.39. The van der Waals surface area contributed by atoms with Crippen molar-refractivity contribution >= 4 is 28.7 Å². The molecule has 0 saturated carbocycles. The Hall–Kier alpha value is -3.12. The van der Waals surface area contributed by atoms with Crippen molar-refractivity contribution in [3.8, 4) is 0 Å². The van der Waals surface area contributed by atoms with Gasteiger partial charge in [-0.15, -0.1) is 0 Å². The third kappa shape index (κ3) is 4.07. The second-order valence-electron chi connectivity index (χ2n) is 6.45. The lowest BCUT2D eigenvalue weighted by molar-refractivity contribution is 0.0938. The molecule has 1 atom stereocenters. The number of imidazole rings is 1. The Labute approximate surface area is 167 Å². The molecule has 4 rings (SSSR count). The van der Waals surface area contributed by atoms with Crippen molar-refractivity contribution in [1.29, 1.82) is 0 Å². The van der Waals surface area contributed by atoms with E-state index in [1.54, 1.807) is 18.0 Å². The van der Waals surface area contributed by atoms with E-state index in [0.29, 0.717) is 11.3 Å². The van der Waals surface area contributed by atoms with Crippen molar-refractivity contribution in [2.75, 3.05) is 0 Å². The smallest absolute Gasteiger partial charge is 0.252 e. The van der Waals surface area contributed by atoms with Gasteiger partial charge in [-0.3, -0.25) is 9.78 Å². The Morgan fingerprint density at radius 1 is 1.07 bits per heavy atom. The first-order valence-electron chi connectivity index (χ1n) is 9.08. The molecule has 2 heterocycles. The number of para-hydroxylation sites is 2. The zero-order valence-electron chi connectivity index (χ0n) is 15.4. The van der Waals surface area contributed by atoms with Crippen LogP contribution in [0.3, 0.4) is 0 Å². The average Bonchev–Trinajstić information content (AvgIpc) is 3.16. The predicted molar refractivity (Wildman–Crippen MR) is 112 cm³/mol. The van der Waals surface area contributed by atoms with Crippen molar-refractivity contribution in [2.24, 2.45) is 0 Å². The first-order chi connectivity index (χ1) is 13.7. The van der Waals surface area contributed by atoms with Crippen molar-refractivity contribution in [3.63, 3.8) is 0 Å². The largest absolute Gasteiger partial charge is 0.344 e. The molecule has 2 N–H and O–H groups in total. The first kappa shape index (κ1) is 18.3. The van der Waals surface area contributed by atoms with Crippen LogP contribution in [0.2, 0.25) is 0 Å². The third-order valence-electron chi connectivity index (χ3n) is 4.47. The van der Waals surface area contributed by atoms with E-state index >= 15 is 0 Å². The molecule has 0 bridgehead atoms. The van der Waals surface area contributed by atoms with Crippen molar-refractivity contribution < 1.29 is 4.79 Å². The average molecular weight is 388 g/mol. The SMILES string of the molecule is CC(NC(=O)c1ccccc1CSc1nc2ccccc2[nH]1)c1ccccn1. The fraction of sp³-hybridized carbons (Fsp3) is 0.136. The molecular formula is C22H20N4OS.